The fourth-order valence-electron chi connectivity index (χ4n) is 4.96. The molecule has 0 aliphatic heterocycles. The molecule has 0 radical (unpaired) electrons. The topological polar surface area (TPSA) is 0 Å². The SMILES string of the molecule is CCCCCC=Cc1ccc(CCc2ccc(C3CCC(CCC)CC3)cc2)cc1. The van der Waals surface area contributed by atoms with E-state index in [0.29, 0.717) is 0 Å². The van der Waals surface area contributed by atoms with E-state index in [0.717, 1.165) is 24.7 Å². The van der Waals surface area contributed by atoms with Gasteiger partial charge in [0.25, 0.3) is 0 Å². The molecule has 0 nitrogen and oxygen atoms in total. The third kappa shape index (κ3) is 7.46. The van der Waals surface area contributed by atoms with Gasteiger partial charge in [0.15, 0.2) is 0 Å². The molecule has 30 heavy (non-hydrogen) atoms. The second-order valence-corrected chi connectivity index (χ2v) is 9.39. The normalized spacial score (nSPS) is 19.4. The van der Waals surface area contributed by atoms with E-state index in [1.807, 2.05) is 0 Å². The van der Waals surface area contributed by atoms with Crippen LogP contribution in [0.4, 0.5) is 0 Å². The van der Waals surface area contributed by atoms with E-state index in [1.165, 1.54) is 80.9 Å². The van der Waals surface area contributed by atoms with Crippen molar-refractivity contribution in [3.63, 3.8) is 0 Å². The van der Waals surface area contributed by atoms with Crippen LogP contribution in [0.3, 0.4) is 0 Å². The van der Waals surface area contributed by atoms with E-state index < -0.39 is 0 Å². The fourth-order valence-corrected chi connectivity index (χ4v) is 4.96. The van der Waals surface area contributed by atoms with Crippen LogP contribution >= 0.6 is 0 Å². The molecule has 0 bridgehead atoms. The molecule has 0 spiro atoms. The number of rotatable bonds is 11. The van der Waals surface area contributed by atoms with Crippen LogP contribution in [-0.2, 0) is 12.8 Å². The third-order valence-corrected chi connectivity index (χ3v) is 6.96. The number of hydrogen-bond donors (Lipinski definition) is 0. The van der Waals surface area contributed by atoms with Crippen molar-refractivity contribution < 1.29 is 0 Å². The Kier molecular flexibility index (Phi) is 9.74. The Bertz CT molecular complexity index is 727. The lowest BCUT2D eigenvalue weighted by molar-refractivity contribution is 0.308. The molecule has 1 aliphatic carbocycles. The van der Waals surface area contributed by atoms with Crippen LogP contribution in [0.2, 0.25) is 0 Å². The van der Waals surface area contributed by atoms with Gasteiger partial charge in [-0.25, -0.2) is 0 Å². The summed E-state index contributed by atoms with van der Waals surface area (Å²) in [4.78, 5) is 0. The van der Waals surface area contributed by atoms with Crippen molar-refractivity contribution in [3.8, 4) is 0 Å². The van der Waals surface area contributed by atoms with Gasteiger partial charge in [0.05, 0.1) is 0 Å². The van der Waals surface area contributed by atoms with Crippen molar-refractivity contribution in [1.29, 1.82) is 0 Å². The van der Waals surface area contributed by atoms with Crippen LogP contribution in [-0.4, -0.2) is 0 Å². The van der Waals surface area contributed by atoms with Gasteiger partial charge in [-0.2, -0.15) is 0 Å². The first-order valence-corrected chi connectivity index (χ1v) is 12.6. The monoisotopic (exact) mass is 402 g/mol. The maximum Gasteiger partial charge on any atom is -0.0162 e. The fraction of sp³-hybridized carbons (Fsp3) is 0.533. The van der Waals surface area contributed by atoms with E-state index in [-0.39, 0.29) is 0 Å². The van der Waals surface area contributed by atoms with E-state index in [4.69, 9.17) is 0 Å². The van der Waals surface area contributed by atoms with Crippen molar-refractivity contribution in [2.24, 2.45) is 5.92 Å². The van der Waals surface area contributed by atoms with Gasteiger partial charge in [0.2, 0.25) is 0 Å². The highest BCUT2D eigenvalue weighted by Crippen LogP contribution is 2.37. The van der Waals surface area contributed by atoms with Gasteiger partial charge in [-0.1, -0.05) is 100 Å². The molecule has 162 valence electrons. The average Bonchev–Trinajstić information content (AvgIpc) is 2.79. The van der Waals surface area contributed by atoms with Crippen LogP contribution in [0.1, 0.15) is 106 Å². The predicted molar refractivity (Wildman–Crippen MR) is 133 cm³/mol. The van der Waals surface area contributed by atoms with Crippen LogP contribution in [0, 0.1) is 5.92 Å². The summed E-state index contributed by atoms with van der Waals surface area (Å²) in [5.74, 6) is 1.79. The lowest BCUT2D eigenvalue weighted by atomic mass is 9.77. The Morgan fingerprint density at radius 2 is 1.37 bits per heavy atom. The van der Waals surface area contributed by atoms with E-state index in [1.54, 1.807) is 5.56 Å². The summed E-state index contributed by atoms with van der Waals surface area (Å²) < 4.78 is 0. The van der Waals surface area contributed by atoms with Crippen LogP contribution in [0.15, 0.2) is 54.6 Å². The highest BCUT2D eigenvalue weighted by atomic mass is 14.3. The second kappa shape index (κ2) is 12.8. The molecule has 1 fully saturated rings. The van der Waals surface area contributed by atoms with Crippen LogP contribution < -0.4 is 0 Å². The molecular formula is C30H42. The minimum Gasteiger partial charge on any atom is -0.0839 e. The second-order valence-electron chi connectivity index (χ2n) is 9.39. The predicted octanol–water partition coefficient (Wildman–Crippen LogP) is 9.14. The molecule has 0 amide bonds. The lowest BCUT2D eigenvalue weighted by Crippen LogP contribution is -2.13. The minimum absolute atomic E-state index is 0.801. The lowest BCUT2D eigenvalue weighted by Gasteiger charge is -2.28. The van der Waals surface area contributed by atoms with Crippen LogP contribution in [0.5, 0.6) is 0 Å². The quantitative estimate of drug-likeness (QED) is 0.329. The van der Waals surface area contributed by atoms with Gasteiger partial charge in [-0.15, -0.1) is 0 Å². The Hall–Kier alpha value is -1.82. The Labute approximate surface area is 185 Å². The standard InChI is InChI=1S/C30H42/c1-3-5-6-7-8-10-26-11-13-27(14-12-26)15-16-28-19-23-30(24-20-28)29-21-17-25(9-4-2)18-22-29/h8,10-14,19-20,23-25,29H,3-7,9,15-18,21-22H2,1-2H3. The maximum atomic E-state index is 2.41. The van der Waals surface area contributed by atoms with Gasteiger partial charge in [-0.3, -0.25) is 0 Å². The average molecular weight is 403 g/mol. The first kappa shape index (κ1) is 22.9. The first-order chi connectivity index (χ1) is 14.8. The number of unbranched alkanes of at least 4 members (excludes halogenated alkanes) is 3. The molecule has 3 rings (SSSR count). The summed E-state index contributed by atoms with van der Waals surface area (Å²) in [6, 6.07) is 18.7. The van der Waals surface area contributed by atoms with Gasteiger partial charge in [-0.05, 0) is 85.5 Å². The molecule has 1 saturated carbocycles. The minimum atomic E-state index is 0.801. The summed E-state index contributed by atoms with van der Waals surface area (Å²) in [5, 5.41) is 0. The highest BCUT2D eigenvalue weighted by molar-refractivity contribution is 5.49. The van der Waals surface area contributed by atoms with Crippen molar-refractivity contribution in [3.05, 3.63) is 76.9 Å². The Morgan fingerprint density at radius 3 is 1.97 bits per heavy atom. The molecule has 0 heteroatoms. The summed E-state index contributed by atoms with van der Waals surface area (Å²) in [7, 11) is 0. The Morgan fingerprint density at radius 1 is 0.733 bits per heavy atom. The van der Waals surface area contributed by atoms with E-state index in [9.17, 15) is 0 Å². The summed E-state index contributed by atoms with van der Waals surface area (Å²) >= 11 is 0. The van der Waals surface area contributed by atoms with E-state index >= 15 is 0 Å². The summed E-state index contributed by atoms with van der Waals surface area (Å²) in [6.07, 6.45) is 20.4. The first-order valence-electron chi connectivity index (χ1n) is 12.6. The number of hydrogen-bond acceptors (Lipinski definition) is 0. The summed E-state index contributed by atoms with van der Waals surface area (Å²) in [6.45, 7) is 4.59. The zero-order valence-corrected chi connectivity index (χ0v) is 19.4. The molecule has 0 atom stereocenters. The van der Waals surface area contributed by atoms with Crippen molar-refractivity contribution in [2.45, 2.75) is 96.8 Å². The molecular weight excluding hydrogens is 360 g/mol. The van der Waals surface area contributed by atoms with Gasteiger partial charge < -0.3 is 0 Å². The largest absolute Gasteiger partial charge is 0.0839 e. The smallest absolute Gasteiger partial charge is 0.0162 e. The van der Waals surface area contributed by atoms with Crippen molar-refractivity contribution in [1.82, 2.24) is 0 Å². The van der Waals surface area contributed by atoms with Crippen molar-refractivity contribution in [2.75, 3.05) is 0 Å². The number of aryl methyl sites for hydroxylation is 2. The molecule has 2 aromatic rings. The van der Waals surface area contributed by atoms with E-state index in [2.05, 4.69) is 74.5 Å². The molecule has 0 N–H and O–H groups in total. The van der Waals surface area contributed by atoms with Crippen LogP contribution in [0.25, 0.3) is 6.08 Å². The number of allylic oxidation sites excluding steroid dienone is 1. The number of benzene rings is 2. The zero-order chi connectivity index (χ0) is 21.0. The zero-order valence-electron chi connectivity index (χ0n) is 19.4. The highest BCUT2D eigenvalue weighted by Gasteiger charge is 2.21. The summed E-state index contributed by atoms with van der Waals surface area (Å²) in [5.41, 5.74) is 5.81. The molecule has 0 unspecified atom stereocenters. The molecule has 0 heterocycles. The van der Waals surface area contributed by atoms with Gasteiger partial charge >= 0.3 is 0 Å². The van der Waals surface area contributed by atoms with Gasteiger partial charge in [0.1, 0.15) is 0 Å². The van der Waals surface area contributed by atoms with Crippen molar-refractivity contribution >= 4 is 6.08 Å². The molecule has 0 saturated heterocycles. The maximum absolute atomic E-state index is 2.41. The molecule has 0 aromatic heterocycles. The molecule has 1 aliphatic rings. The third-order valence-electron chi connectivity index (χ3n) is 6.96. The molecule has 2 aromatic carbocycles. The Balaban J connectivity index is 1.43. The van der Waals surface area contributed by atoms with Gasteiger partial charge in [0, 0.05) is 0 Å².